The average molecular weight is 387 g/mol. The second-order valence-electron chi connectivity index (χ2n) is 4.55. The minimum Gasteiger partial charge on any atom is -0.481 e. The summed E-state index contributed by atoms with van der Waals surface area (Å²) in [5, 5.41) is 0.437. The fourth-order valence-corrected chi connectivity index (χ4v) is 2.23. The van der Waals surface area contributed by atoms with E-state index in [1.807, 2.05) is 0 Å². The summed E-state index contributed by atoms with van der Waals surface area (Å²) in [5.74, 6) is 5.57. The molecule has 0 aliphatic carbocycles. The summed E-state index contributed by atoms with van der Waals surface area (Å²) in [7, 11) is 0. The van der Waals surface area contributed by atoms with Gasteiger partial charge in [-0.3, -0.25) is 0 Å². The van der Waals surface area contributed by atoms with E-state index in [-0.39, 0.29) is 12.4 Å². The number of alkyl halides is 4. The summed E-state index contributed by atoms with van der Waals surface area (Å²) in [6.45, 7) is 0.0483. The SMILES string of the molecule is Fc1ccc(OCC#Cc2ccc(C(F)(F)F)cc2)c(CBr)c1. The molecule has 0 spiro atoms. The molecule has 0 saturated heterocycles. The van der Waals surface area contributed by atoms with Crippen molar-refractivity contribution in [3.05, 3.63) is 65.0 Å². The molecule has 1 nitrogen and oxygen atoms in total. The molecule has 0 aromatic heterocycles. The van der Waals surface area contributed by atoms with Crippen LogP contribution < -0.4 is 4.74 Å². The van der Waals surface area contributed by atoms with Crippen molar-refractivity contribution < 1.29 is 22.3 Å². The summed E-state index contributed by atoms with van der Waals surface area (Å²) >= 11 is 3.24. The molecule has 0 aliphatic rings. The first kappa shape index (κ1) is 17.4. The van der Waals surface area contributed by atoms with Crippen LogP contribution in [0.2, 0.25) is 0 Å². The summed E-state index contributed by atoms with van der Waals surface area (Å²) < 4.78 is 55.8. The molecule has 0 unspecified atom stereocenters. The monoisotopic (exact) mass is 386 g/mol. The Labute approximate surface area is 139 Å². The van der Waals surface area contributed by atoms with Crippen molar-refractivity contribution in [2.75, 3.05) is 6.61 Å². The van der Waals surface area contributed by atoms with E-state index in [1.54, 1.807) is 0 Å². The van der Waals surface area contributed by atoms with Crippen LogP contribution in [0, 0.1) is 17.7 Å². The molecule has 0 amide bonds. The van der Waals surface area contributed by atoms with Gasteiger partial charge in [-0.2, -0.15) is 13.2 Å². The summed E-state index contributed by atoms with van der Waals surface area (Å²) in [6.07, 6.45) is -4.36. The van der Waals surface area contributed by atoms with E-state index in [4.69, 9.17) is 4.74 Å². The molecule has 0 heterocycles. The van der Waals surface area contributed by atoms with E-state index in [1.165, 1.54) is 30.3 Å². The Kier molecular flexibility index (Phi) is 5.67. The van der Waals surface area contributed by atoms with E-state index >= 15 is 0 Å². The normalized spacial score (nSPS) is 10.8. The zero-order chi connectivity index (χ0) is 16.9. The van der Waals surface area contributed by atoms with Crippen LogP contribution in [0.3, 0.4) is 0 Å². The molecular formula is C17H11BrF4O. The van der Waals surface area contributed by atoms with Gasteiger partial charge in [0.05, 0.1) is 5.56 Å². The number of halogens is 5. The van der Waals surface area contributed by atoms with Crippen LogP contribution in [0.4, 0.5) is 17.6 Å². The van der Waals surface area contributed by atoms with Gasteiger partial charge in [-0.05, 0) is 42.5 Å². The second kappa shape index (κ2) is 7.51. The van der Waals surface area contributed by atoms with Crippen LogP contribution in [0.15, 0.2) is 42.5 Å². The summed E-state index contributed by atoms with van der Waals surface area (Å²) in [6, 6.07) is 8.71. The molecule has 0 radical (unpaired) electrons. The first-order valence-electron chi connectivity index (χ1n) is 6.53. The highest BCUT2D eigenvalue weighted by Crippen LogP contribution is 2.29. The summed E-state index contributed by atoms with van der Waals surface area (Å²) in [4.78, 5) is 0. The lowest BCUT2D eigenvalue weighted by atomic mass is 10.1. The Morgan fingerprint density at radius 1 is 1.04 bits per heavy atom. The number of hydrogen-bond acceptors (Lipinski definition) is 1. The zero-order valence-electron chi connectivity index (χ0n) is 11.8. The molecular weight excluding hydrogens is 376 g/mol. The van der Waals surface area contributed by atoms with E-state index < -0.39 is 11.7 Å². The third kappa shape index (κ3) is 5.00. The zero-order valence-corrected chi connectivity index (χ0v) is 13.3. The topological polar surface area (TPSA) is 9.23 Å². The molecule has 0 N–H and O–H groups in total. The highest BCUT2D eigenvalue weighted by Gasteiger charge is 2.29. The van der Waals surface area contributed by atoms with Gasteiger partial charge < -0.3 is 4.74 Å². The standard InChI is InChI=1S/C17H11BrF4O/c18-11-13-10-15(19)7-8-16(13)23-9-1-2-12-3-5-14(6-4-12)17(20,21)22/h3-8,10H,9,11H2. The number of ether oxygens (including phenoxy) is 1. The van der Waals surface area contributed by atoms with Crippen LogP contribution in [0.5, 0.6) is 5.75 Å². The molecule has 120 valence electrons. The van der Waals surface area contributed by atoms with Gasteiger partial charge in [0.2, 0.25) is 0 Å². The molecule has 2 aromatic rings. The van der Waals surface area contributed by atoms with Gasteiger partial charge in [-0.15, -0.1) is 0 Å². The van der Waals surface area contributed by atoms with Crippen molar-refractivity contribution in [3.8, 4) is 17.6 Å². The highest BCUT2D eigenvalue weighted by molar-refractivity contribution is 9.08. The maximum atomic E-state index is 13.1. The van der Waals surface area contributed by atoms with Crippen molar-refractivity contribution in [1.82, 2.24) is 0 Å². The van der Waals surface area contributed by atoms with Crippen molar-refractivity contribution in [1.29, 1.82) is 0 Å². The Morgan fingerprint density at radius 2 is 1.74 bits per heavy atom. The fourth-order valence-electron chi connectivity index (χ4n) is 1.79. The molecule has 0 bridgehead atoms. The predicted molar refractivity (Wildman–Crippen MR) is 82.8 cm³/mol. The quantitative estimate of drug-likeness (QED) is 0.401. The molecule has 2 rings (SSSR count). The van der Waals surface area contributed by atoms with Crippen LogP contribution in [0.25, 0.3) is 0 Å². The second-order valence-corrected chi connectivity index (χ2v) is 5.11. The third-order valence-corrected chi connectivity index (χ3v) is 3.52. The number of hydrogen-bond donors (Lipinski definition) is 0. The minimum absolute atomic E-state index is 0.0483. The lowest BCUT2D eigenvalue weighted by molar-refractivity contribution is -0.137. The van der Waals surface area contributed by atoms with Gasteiger partial charge in [0.15, 0.2) is 0 Å². The van der Waals surface area contributed by atoms with Crippen LogP contribution in [0.1, 0.15) is 16.7 Å². The molecule has 0 fully saturated rings. The Balaban J connectivity index is 1.99. The highest BCUT2D eigenvalue weighted by atomic mass is 79.9. The maximum Gasteiger partial charge on any atom is 0.416 e. The van der Waals surface area contributed by atoms with Crippen molar-refractivity contribution in [2.24, 2.45) is 0 Å². The van der Waals surface area contributed by atoms with E-state index in [0.717, 1.165) is 12.1 Å². The van der Waals surface area contributed by atoms with Crippen LogP contribution >= 0.6 is 15.9 Å². The lowest BCUT2D eigenvalue weighted by Gasteiger charge is -2.07. The molecule has 0 saturated carbocycles. The van der Waals surface area contributed by atoms with Gasteiger partial charge >= 0.3 is 6.18 Å². The van der Waals surface area contributed by atoms with E-state index in [9.17, 15) is 17.6 Å². The molecule has 2 aromatic carbocycles. The predicted octanol–water partition coefficient (Wildman–Crippen LogP) is 5.17. The van der Waals surface area contributed by atoms with Gasteiger partial charge in [-0.1, -0.05) is 27.8 Å². The average Bonchev–Trinajstić information content (AvgIpc) is 2.52. The van der Waals surface area contributed by atoms with E-state index in [2.05, 4.69) is 27.8 Å². The minimum atomic E-state index is -4.36. The Hall–Kier alpha value is -2.00. The fraction of sp³-hybridized carbons (Fsp3) is 0.176. The van der Waals surface area contributed by atoms with E-state index in [0.29, 0.717) is 22.2 Å². The van der Waals surface area contributed by atoms with Crippen molar-refractivity contribution in [3.63, 3.8) is 0 Å². The molecule has 0 atom stereocenters. The van der Waals surface area contributed by atoms with Gasteiger partial charge in [0.1, 0.15) is 18.2 Å². The summed E-state index contributed by atoms with van der Waals surface area (Å²) in [5.41, 5.74) is 0.398. The van der Waals surface area contributed by atoms with Crippen molar-refractivity contribution >= 4 is 15.9 Å². The number of rotatable bonds is 3. The lowest BCUT2D eigenvalue weighted by Crippen LogP contribution is -2.04. The first-order valence-corrected chi connectivity index (χ1v) is 7.65. The largest absolute Gasteiger partial charge is 0.481 e. The van der Waals surface area contributed by atoms with Crippen LogP contribution in [-0.4, -0.2) is 6.61 Å². The maximum absolute atomic E-state index is 13.1. The molecule has 23 heavy (non-hydrogen) atoms. The third-order valence-electron chi connectivity index (χ3n) is 2.91. The smallest absolute Gasteiger partial charge is 0.416 e. The molecule has 0 aliphatic heterocycles. The van der Waals surface area contributed by atoms with Gasteiger partial charge in [0, 0.05) is 16.5 Å². The Morgan fingerprint density at radius 3 is 2.35 bits per heavy atom. The van der Waals surface area contributed by atoms with Crippen molar-refractivity contribution in [2.45, 2.75) is 11.5 Å². The van der Waals surface area contributed by atoms with Gasteiger partial charge in [-0.25, -0.2) is 4.39 Å². The molecule has 6 heteroatoms. The number of benzene rings is 2. The van der Waals surface area contributed by atoms with Gasteiger partial charge in [0.25, 0.3) is 0 Å². The van der Waals surface area contributed by atoms with Crippen LogP contribution in [-0.2, 0) is 11.5 Å². The first-order chi connectivity index (χ1) is 10.9. The Bertz CT molecular complexity index is 727.